The molecular formula is C30H36F2O5. The van der Waals surface area contributed by atoms with Crippen molar-refractivity contribution < 1.29 is 33.3 Å². The lowest BCUT2D eigenvalue weighted by atomic mass is 9.44. The van der Waals surface area contributed by atoms with Crippen LogP contribution in [0.2, 0.25) is 0 Å². The SMILES string of the molecule is C[C@@H]1C[C@H]2[C@@H]3CCC4=CC(=O)C=C[C@]4(C)[C@@]3(F)[C@@H](O)C[C@]2(C)[C@@]1(O)C(=O)CCCOc1ccc(F)cc1. The molecule has 3 saturated carbocycles. The summed E-state index contributed by atoms with van der Waals surface area (Å²) in [5, 5.41) is 23.4. The van der Waals surface area contributed by atoms with Crippen LogP contribution < -0.4 is 4.74 Å². The Labute approximate surface area is 216 Å². The number of rotatable bonds is 6. The van der Waals surface area contributed by atoms with Crippen molar-refractivity contribution >= 4 is 11.6 Å². The Kier molecular flexibility index (Phi) is 6.27. The van der Waals surface area contributed by atoms with Crippen LogP contribution in [0.25, 0.3) is 0 Å². The number of carbonyl (C=O) groups is 2. The van der Waals surface area contributed by atoms with E-state index in [0.717, 1.165) is 0 Å². The van der Waals surface area contributed by atoms with E-state index in [1.54, 1.807) is 13.0 Å². The van der Waals surface area contributed by atoms with E-state index in [2.05, 4.69) is 0 Å². The molecule has 0 radical (unpaired) electrons. The number of benzene rings is 1. The molecule has 0 aromatic heterocycles. The molecule has 0 heterocycles. The summed E-state index contributed by atoms with van der Waals surface area (Å²) in [7, 11) is 0. The number of aliphatic hydroxyl groups excluding tert-OH is 1. The summed E-state index contributed by atoms with van der Waals surface area (Å²) in [5.74, 6) is -1.56. The van der Waals surface area contributed by atoms with Crippen molar-refractivity contribution in [3.63, 3.8) is 0 Å². The molecule has 0 aliphatic heterocycles. The molecule has 3 fully saturated rings. The molecule has 2 N–H and O–H groups in total. The van der Waals surface area contributed by atoms with Gasteiger partial charge in [-0.3, -0.25) is 9.59 Å². The summed E-state index contributed by atoms with van der Waals surface area (Å²) in [5.41, 5.74) is -5.05. The highest BCUT2D eigenvalue weighted by atomic mass is 19.1. The van der Waals surface area contributed by atoms with Gasteiger partial charge in [0.25, 0.3) is 0 Å². The topological polar surface area (TPSA) is 83.8 Å². The molecule has 1 aromatic carbocycles. The maximum absolute atomic E-state index is 17.2. The number of fused-ring (bicyclic) bond motifs is 5. The summed E-state index contributed by atoms with van der Waals surface area (Å²) in [4.78, 5) is 25.6. The quantitative estimate of drug-likeness (QED) is 0.528. The molecule has 0 amide bonds. The molecule has 0 bridgehead atoms. The van der Waals surface area contributed by atoms with E-state index in [9.17, 15) is 24.2 Å². The number of alkyl halides is 1. The number of aliphatic hydroxyl groups is 2. The number of halogens is 2. The minimum absolute atomic E-state index is 0.0337. The third kappa shape index (κ3) is 3.60. The normalized spacial score (nSPS) is 42.5. The maximum Gasteiger partial charge on any atom is 0.178 e. The van der Waals surface area contributed by atoms with Crippen molar-refractivity contribution in [2.75, 3.05) is 6.61 Å². The first kappa shape index (κ1) is 26.2. The van der Waals surface area contributed by atoms with Crippen molar-refractivity contribution in [1.29, 1.82) is 0 Å². The molecule has 4 aliphatic rings. The van der Waals surface area contributed by atoms with Gasteiger partial charge in [0, 0.05) is 23.2 Å². The Balaban J connectivity index is 1.36. The van der Waals surface area contributed by atoms with Crippen LogP contribution in [-0.4, -0.2) is 45.8 Å². The lowest BCUT2D eigenvalue weighted by molar-refractivity contribution is -0.218. The number of ketones is 2. The van der Waals surface area contributed by atoms with Gasteiger partial charge in [-0.25, -0.2) is 8.78 Å². The molecular weight excluding hydrogens is 478 g/mol. The van der Waals surface area contributed by atoms with Gasteiger partial charge in [-0.05, 0) is 87.3 Å². The van der Waals surface area contributed by atoms with E-state index in [-0.39, 0.29) is 42.8 Å². The highest BCUT2D eigenvalue weighted by Crippen LogP contribution is 2.70. The third-order valence-electron chi connectivity index (χ3n) is 10.3. The molecule has 0 saturated heterocycles. The predicted molar refractivity (Wildman–Crippen MR) is 134 cm³/mol. The average Bonchev–Trinajstić information content (AvgIpc) is 3.05. The third-order valence-corrected chi connectivity index (χ3v) is 10.3. The molecule has 5 rings (SSSR count). The number of allylic oxidation sites excluding steroid dienone is 4. The van der Waals surface area contributed by atoms with Gasteiger partial charge in [0.1, 0.15) is 17.2 Å². The molecule has 200 valence electrons. The largest absolute Gasteiger partial charge is 0.494 e. The number of hydrogen-bond donors (Lipinski definition) is 2. The zero-order chi connectivity index (χ0) is 26.8. The first-order valence-electron chi connectivity index (χ1n) is 13.3. The summed E-state index contributed by atoms with van der Waals surface area (Å²) in [6, 6.07) is 5.64. The fraction of sp³-hybridized carbons (Fsp3) is 0.600. The van der Waals surface area contributed by atoms with Crippen LogP contribution in [0.5, 0.6) is 5.75 Å². The Morgan fingerprint density at radius 2 is 1.89 bits per heavy atom. The van der Waals surface area contributed by atoms with Crippen LogP contribution >= 0.6 is 0 Å². The Morgan fingerprint density at radius 3 is 2.59 bits per heavy atom. The molecule has 0 unspecified atom stereocenters. The van der Waals surface area contributed by atoms with E-state index in [4.69, 9.17) is 4.74 Å². The Morgan fingerprint density at radius 1 is 1.19 bits per heavy atom. The number of hydrogen-bond acceptors (Lipinski definition) is 5. The van der Waals surface area contributed by atoms with Gasteiger partial charge in [0.15, 0.2) is 17.2 Å². The van der Waals surface area contributed by atoms with Crippen LogP contribution in [0.1, 0.15) is 59.3 Å². The van der Waals surface area contributed by atoms with E-state index in [0.29, 0.717) is 37.0 Å². The molecule has 8 atom stereocenters. The first-order chi connectivity index (χ1) is 17.4. The highest BCUT2D eigenvalue weighted by Gasteiger charge is 2.75. The summed E-state index contributed by atoms with van der Waals surface area (Å²) in [6.07, 6.45) is 5.03. The molecule has 1 aromatic rings. The van der Waals surface area contributed by atoms with E-state index in [1.165, 1.54) is 36.4 Å². The van der Waals surface area contributed by atoms with E-state index in [1.807, 2.05) is 13.8 Å². The zero-order valence-corrected chi connectivity index (χ0v) is 21.7. The summed E-state index contributed by atoms with van der Waals surface area (Å²) >= 11 is 0. The average molecular weight is 515 g/mol. The maximum atomic E-state index is 17.2. The second-order valence-corrected chi connectivity index (χ2v) is 12.0. The van der Waals surface area contributed by atoms with Crippen LogP contribution in [0.3, 0.4) is 0 Å². The highest BCUT2D eigenvalue weighted by molar-refractivity contribution is 6.01. The lowest BCUT2D eigenvalue weighted by Gasteiger charge is -2.62. The van der Waals surface area contributed by atoms with Crippen LogP contribution in [0.15, 0.2) is 48.1 Å². The van der Waals surface area contributed by atoms with Gasteiger partial charge in [0.05, 0.1) is 12.7 Å². The second kappa shape index (κ2) is 8.84. The standard InChI is InChI=1S/C30H36F2O5/c1-18-15-24-23-11-6-19-16-21(33)12-13-27(19,2)29(23,32)26(35)17-28(24,3)30(18,36)25(34)5-4-14-37-22-9-7-20(31)8-10-22/h7-10,12-13,16,18,23-24,26,35-36H,4-6,11,14-15,17H2,1-3H3/t18-,23+,24+,26+,27+,28+,29+,30+/m1/s1. The van der Waals surface area contributed by atoms with Gasteiger partial charge >= 0.3 is 0 Å². The van der Waals surface area contributed by atoms with Crippen molar-refractivity contribution in [2.24, 2.45) is 28.6 Å². The van der Waals surface area contributed by atoms with Gasteiger partial charge in [-0.1, -0.05) is 25.5 Å². The van der Waals surface area contributed by atoms with E-state index < -0.39 is 40.0 Å². The molecule has 37 heavy (non-hydrogen) atoms. The van der Waals surface area contributed by atoms with Gasteiger partial charge in [0.2, 0.25) is 0 Å². The minimum atomic E-state index is -1.99. The molecule has 4 aliphatic carbocycles. The van der Waals surface area contributed by atoms with Crippen molar-refractivity contribution in [3.05, 3.63) is 53.9 Å². The van der Waals surface area contributed by atoms with Crippen LogP contribution in [0, 0.1) is 34.4 Å². The predicted octanol–water partition coefficient (Wildman–Crippen LogP) is 4.90. The summed E-state index contributed by atoms with van der Waals surface area (Å²) < 4.78 is 35.9. The van der Waals surface area contributed by atoms with Crippen molar-refractivity contribution in [1.82, 2.24) is 0 Å². The number of Topliss-reactive ketones (excluding diaryl/α,β-unsaturated/α-hetero) is 1. The molecule has 7 heteroatoms. The molecule has 5 nitrogen and oxygen atoms in total. The van der Waals surface area contributed by atoms with Crippen molar-refractivity contribution in [2.45, 2.75) is 76.7 Å². The van der Waals surface area contributed by atoms with Gasteiger partial charge < -0.3 is 14.9 Å². The zero-order valence-electron chi connectivity index (χ0n) is 21.7. The summed E-state index contributed by atoms with van der Waals surface area (Å²) in [6.45, 7) is 5.68. The first-order valence-corrected chi connectivity index (χ1v) is 13.3. The van der Waals surface area contributed by atoms with Crippen molar-refractivity contribution in [3.8, 4) is 5.75 Å². The van der Waals surface area contributed by atoms with Gasteiger partial charge in [-0.15, -0.1) is 0 Å². The smallest absolute Gasteiger partial charge is 0.178 e. The number of carbonyl (C=O) groups excluding carboxylic acids is 2. The second-order valence-electron chi connectivity index (χ2n) is 12.0. The monoisotopic (exact) mass is 514 g/mol. The number of ether oxygens (including phenoxy) is 1. The lowest BCUT2D eigenvalue weighted by Crippen LogP contribution is -2.69. The fourth-order valence-corrected chi connectivity index (χ4v) is 8.28. The van der Waals surface area contributed by atoms with Gasteiger partial charge in [-0.2, -0.15) is 0 Å². The Bertz CT molecular complexity index is 1160. The molecule has 0 spiro atoms. The van der Waals surface area contributed by atoms with Crippen LogP contribution in [0.4, 0.5) is 8.78 Å². The van der Waals surface area contributed by atoms with E-state index >= 15 is 4.39 Å². The Hall–Kier alpha value is -2.38. The minimum Gasteiger partial charge on any atom is -0.494 e. The fourth-order valence-electron chi connectivity index (χ4n) is 8.28. The van der Waals surface area contributed by atoms with Crippen LogP contribution in [-0.2, 0) is 9.59 Å².